The third kappa shape index (κ3) is 8.62. The van der Waals surface area contributed by atoms with Gasteiger partial charge in [0.1, 0.15) is 12.4 Å². The van der Waals surface area contributed by atoms with Crippen LogP contribution >= 0.6 is 15.9 Å². The van der Waals surface area contributed by atoms with Gasteiger partial charge in [-0.05, 0) is 41.8 Å². The summed E-state index contributed by atoms with van der Waals surface area (Å²) < 4.78 is 12.2. The first-order valence-electron chi connectivity index (χ1n) is 9.19. The van der Waals surface area contributed by atoms with Crippen molar-refractivity contribution in [3.8, 4) is 5.75 Å². The Balaban J connectivity index is 1.82. The Kier molecular flexibility index (Phi) is 8.38. The number of rotatable bonds is 9. The van der Waals surface area contributed by atoms with Crippen LogP contribution in [0.3, 0.4) is 0 Å². The molecule has 1 amide bonds. The van der Waals surface area contributed by atoms with Crippen LogP contribution in [0.25, 0.3) is 0 Å². The average molecular weight is 450 g/mol. The highest BCUT2D eigenvalue weighted by Gasteiger charge is 2.14. The normalized spacial score (nSPS) is 11.1. The lowest BCUT2D eigenvalue weighted by Crippen LogP contribution is -2.29. The molecule has 0 aromatic heterocycles. The first-order chi connectivity index (χ1) is 12.8. The predicted molar refractivity (Wildman–Crippen MR) is 116 cm³/mol. The third-order valence-corrected chi connectivity index (χ3v) is 6.21. The molecule has 6 heteroatoms. The van der Waals surface area contributed by atoms with E-state index in [1.54, 1.807) is 0 Å². The summed E-state index contributed by atoms with van der Waals surface area (Å²) in [4.78, 5) is 11.8. The maximum atomic E-state index is 11.8. The van der Waals surface area contributed by atoms with Crippen LogP contribution in [0.1, 0.15) is 11.1 Å². The Labute approximate surface area is 171 Å². The quantitative estimate of drug-likeness (QED) is 0.504. The average Bonchev–Trinajstić information content (AvgIpc) is 2.61. The molecular weight excluding hydrogens is 422 g/mol. The molecule has 0 unspecified atom stereocenters. The van der Waals surface area contributed by atoms with Gasteiger partial charge in [0.2, 0.25) is 0 Å². The van der Waals surface area contributed by atoms with Crippen LogP contribution < -0.4 is 10.1 Å². The molecular formula is C21H28BrNO3Si. The summed E-state index contributed by atoms with van der Waals surface area (Å²) in [5, 5.41) is 2.82. The Bertz CT molecular complexity index is 732. The molecule has 0 fully saturated rings. The zero-order valence-corrected chi connectivity index (χ0v) is 18.8. The molecule has 4 nitrogen and oxygen atoms in total. The van der Waals surface area contributed by atoms with Gasteiger partial charge in [0, 0.05) is 19.1 Å². The van der Waals surface area contributed by atoms with E-state index in [9.17, 15) is 4.79 Å². The molecule has 0 radical (unpaired) electrons. The number of carbonyl (C=O) groups is 1. The van der Waals surface area contributed by atoms with Crippen molar-refractivity contribution in [2.75, 3.05) is 13.2 Å². The van der Waals surface area contributed by atoms with E-state index in [0.29, 0.717) is 26.2 Å². The Morgan fingerprint density at radius 2 is 1.85 bits per heavy atom. The summed E-state index contributed by atoms with van der Waals surface area (Å²) in [6.07, 6.45) is 0.321. The number of carbonyl (C=O) groups excluding carboxylic acids is 1. The second-order valence-corrected chi connectivity index (χ2v) is 14.2. The molecule has 2 rings (SSSR count). The van der Waals surface area contributed by atoms with Crippen molar-refractivity contribution in [1.82, 2.24) is 5.32 Å². The molecule has 0 spiro atoms. The number of benzene rings is 2. The molecule has 0 saturated carbocycles. The standard InChI is InChI=1S/C21H28BrNO3Si/c1-27(2,3)14-13-25-21(24)23-12-11-18-15-19(22)9-10-20(18)26-16-17-7-5-4-6-8-17/h4-10,15H,11-14,16H2,1-3H3,(H,23,24). The van der Waals surface area contributed by atoms with Crippen molar-refractivity contribution >= 4 is 30.1 Å². The maximum Gasteiger partial charge on any atom is 0.407 e. The van der Waals surface area contributed by atoms with Gasteiger partial charge >= 0.3 is 6.09 Å². The fraction of sp³-hybridized carbons (Fsp3) is 0.381. The molecule has 2 aromatic rings. The van der Waals surface area contributed by atoms with Crippen molar-refractivity contribution < 1.29 is 14.3 Å². The van der Waals surface area contributed by atoms with Crippen LogP contribution in [-0.4, -0.2) is 27.3 Å². The van der Waals surface area contributed by atoms with Crippen molar-refractivity contribution in [3.05, 3.63) is 64.1 Å². The minimum absolute atomic E-state index is 0.352. The minimum Gasteiger partial charge on any atom is -0.489 e. The SMILES string of the molecule is C[Si](C)(C)CCOC(=O)NCCc1cc(Br)ccc1OCc1ccccc1. The number of halogens is 1. The molecule has 27 heavy (non-hydrogen) atoms. The maximum absolute atomic E-state index is 11.8. The van der Waals surface area contributed by atoms with Crippen molar-refractivity contribution in [1.29, 1.82) is 0 Å². The summed E-state index contributed by atoms with van der Waals surface area (Å²) >= 11 is 3.50. The molecule has 0 heterocycles. The topological polar surface area (TPSA) is 47.6 Å². The lowest BCUT2D eigenvalue weighted by molar-refractivity contribution is 0.152. The molecule has 0 aliphatic heterocycles. The molecule has 0 aliphatic carbocycles. The van der Waals surface area contributed by atoms with Gasteiger partial charge in [-0.2, -0.15) is 0 Å². The van der Waals surface area contributed by atoms with Crippen LogP contribution in [0.4, 0.5) is 4.79 Å². The summed E-state index contributed by atoms with van der Waals surface area (Å²) in [5.41, 5.74) is 2.16. The van der Waals surface area contributed by atoms with Gasteiger partial charge in [0.05, 0.1) is 6.61 Å². The summed E-state index contributed by atoms with van der Waals surface area (Å²) in [6.45, 7) is 8.30. The van der Waals surface area contributed by atoms with Gasteiger partial charge in [0.15, 0.2) is 0 Å². The van der Waals surface area contributed by atoms with E-state index in [-0.39, 0.29) is 6.09 Å². The van der Waals surface area contributed by atoms with Gasteiger partial charge in [-0.25, -0.2) is 4.79 Å². The molecule has 2 aromatic carbocycles. The number of hydrogen-bond donors (Lipinski definition) is 1. The van der Waals surface area contributed by atoms with Crippen LogP contribution in [0.5, 0.6) is 5.75 Å². The van der Waals surface area contributed by atoms with E-state index in [0.717, 1.165) is 27.4 Å². The van der Waals surface area contributed by atoms with E-state index in [1.807, 2.05) is 48.5 Å². The highest BCUT2D eigenvalue weighted by molar-refractivity contribution is 9.10. The Hall–Kier alpha value is -1.79. The molecule has 0 saturated heterocycles. The summed E-state index contributed by atoms with van der Waals surface area (Å²) in [5.74, 6) is 0.830. The van der Waals surface area contributed by atoms with Crippen LogP contribution in [-0.2, 0) is 17.8 Å². The third-order valence-electron chi connectivity index (χ3n) is 4.01. The fourth-order valence-electron chi connectivity index (χ4n) is 2.42. The van der Waals surface area contributed by atoms with E-state index < -0.39 is 8.07 Å². The minimum atomic E-state index is -1.19. The van der Waals surface area contributed by atoms with E-state index in [4.69, 9.17) is 9.47 Å². The van der Waals surface area contributed by atoms with Crippen LogP contribution in [0.2, 0.25) is 25.7 Å². The lowest BCUT2D eigenvalue weighted by atomic mass is 10.1. The lowest BCUT2D eigenvalue weighted by Gasteiger charge is -2.16. The van der Waals surface area contributed by atoms with Gasteiger partial charge in [0.25, 0.3) is 0 Å². The smallest absolute Gasteiger partial charge is 0.407 e. The summed E-state index contributed by atoms with van der Waals surface area (Å²) in [7, 11) is -1.19. The molecule has 146 valence electrons. The van der Waals surface area contributed by atoms with Gasteiger partial charge in [-0.1, -0.05) is 65.9 Å². The highest BCUT2D eigenvalue weighted by Crippen LogP contribution is 2.24. The van der Waals surface area contributed by atoms with Crippen molar-refractivity contribution in [3.63, 3.8) is 0 Å². The Morgan fingerprint density at radius 1 is 1.11 bits per heavy atom. The zero-order chi connectivity index (χ0) is 19.7. The Morgan fingerprint density at radius 3 is 2.56 bits per heavy atom. The van der Waals surface area contributed by atoms with E-state index in [2.05, 4.69) is 40.9 Å². The number of amides is 1. The second kappa shape index (κ2) is 10.5. The number of alkyl carbamates (subject to hydrolysis) is 1. The number of ether oxygens (including phenoxy) is 2. The first-order valence-corrected chi connectivity index (χ1v) is 13.7. The fourth-order valence-corrected chi connectivity index (χ4v) is 3.54. The molecule has 0 bridgehead atoms. The van der Waals surface area contributed by atoms with Crippen LogP contribution in [0.15, 0.2) is 53.0 Å². The van der Waals surface area contributed by atoms with E-state index >= 15 is 0 Å². The number of hydrogen-bond acceptors (Lipinski definition) is 3. The number of nitrogens with one attached hydrogen (secondary N) is 1. The van der Waals surface area contributed by atoms with Gasteiger partial charge < -0.3 is 14.8 Å². The van der Waals surface area contributed by atoms with Crippen molar-refractivity contribution in [2.24, 2.45) is 0 Å². The zero-order valence-electron chi connectivity index (χ0n) is 16.3. The molecule has 0 atom stereocenters. The van der Waals surface area contributed by atoms with E-state index in [1.165, 1.54) is 0 Å². The van der Waals surface area contributed by atoms with Gasteiger partial charge in [-0.15, -0.1) is 0 Å². The predicted octanol–water partition coefficient (Wildman–Crippen LogP) is 5.64. The van der Waals surface area contributed by atoms with Crippen LogP contribution in [0, 0.1) is 0 Å². The van der Waals surface area contributed by atoms with Crippen molar-refractivity contribution in [2.45, 2.75) is 38.7 Å². The monoisotopic (exact) mass is 449 g/mol. The van der Waals surface area contributed by atoms with Gasteiger partial charge in [-0.3, -0.25) is 0 Å². The first kappa shape index (κ1) is 21.5. The largest absolute Gasteiger partial charge is 0.489 e. The molecule has 0 aliphatic rings. The summed E-state index contributed by atoms with van der Waals surface area (Å²) in [6, 6.07) is 17.0. The second-order valence-electron chi connectivity index (χ2n) is 7.65. The molecule has 1 N–H and O–H groups in total. The highest BCUT2D eigenvalue weighted by atomic mass is 79.9.